The third-order valence-electron chi connectivity index (χ3n) is 5.69. The summed E-state index contributed by atoms with van der Waals surface area (Å²) in [5, 5.41) is 14.3. The highest BCUT2D eigenvalue weighted by atomic mass is 32.2. The highest BCUT2D eigenvalue weighted by molar-refractivity contribution is 7.88. The number of piperidine rings is 1. The van der Waals surface area contributed by atoms with E-state index in [9.17, 15) is 8.42 Å². The summed E-state index contributed by atoms with van der Waals surface area (Å²) in [5.41, 5.74) is 3.58. The van der Waals surface area contributed by atoms with Gasteiger partial charge in [0.15, 0.2) is 5.82 Å². The Bertz CT molecular complexity index is 1300. The SMILES string of the molecule is CS(=O)(=O)N1CCCC(c2nnc3sc(Cc4ccc(-c5ccccc5)cc4)nn23)C1. The monoisotopic (exact) mass is 453 g/mol. The van der Waals surface area contributed by atoms with Crippen LogP contribution in [0.5, 0.6) is 0 Å². The van der Waals surface area contributed by atoms with Gasteiger partial charge in [-0.3, -0.25) is 0 Å². The summed E-state index contributed by atoms with van der Waals surface area (Å²) in [5.74, 6) is 0.767. The Morgan fingerprint density at radius 3 is 2.52 bits per heavy atom. The van der Waals surface area contributed by atoms with Gasteiger partial charge >= 0.3 is 0 Å². The maximum atomic E-state index is 12.0. The first-order chi connectivity index (χ1) is 15.0. The van der Waals surface area contributed by atoms with Crippen molar-refractivity contribution < 1.29 is 8.42 Å². The summed E-state index contributed by atoms with van der Waals surface area (Å²) in [6, 6.07) is 18.9. The maximum absolute atomic E-state index is 12.0. The molecule has 1 aliphatic rings. The number of rotatable bonds is 5. The minimum absolute atomic E-state index is 0.0126. The van der Waals surface area contributed by atoms with Crippen molar-refractivity contribution in [1.82, 2.24) is 24.1 Å². The van der Waals surface area contributed by atoms with Gasteiger partial charge in [0.25, 0.3) is 0 Å². The molecule has 160 valence electrons. The summed E-state index contributed by atoms with van der Waals surface area (Å²) in [6.07, 6.45) is 3.69. The summed E-state index contributed by atoms with van der Waals surface area (Å²) in [7, 11) is -3.20. The first-order valence-electron chi connectivity index (χ1n) is 10.3. The molecule has 1 aliphatic heterocycles. The van der Waals surface area contributed by atoms with Crippen LogP contribution in [0.3, 0.4) is 0 Å². The van der Waals surface area contributed by atoms with Gasteiger partial charge in [0.05, 0.1) is 6.26 Å². The normalized spacial score (nSPS) is 17.9. The lowest BCUT2D eigenvalue weighted by atomic mass is 9.99. The smallest absolute Gasteiger partial charge is 0.213 e. The zero-order chi connectivity index (χ0) is 21.4. The fraction of sp³-hybridized carbons (Fsp3) is 0.318. The third-order valence-corrected chi connectivity index (χ3v) is 7.86. The van der Waals surface area contributed by atoms with Gasteiger partial charge in [0.2, 0.25) is 15.0 Å². The maximum Gasteiger partial charge on any atom is 0.234 e. The van der Waals surface area contributed by atoms with Crippen LogP contribution < -0.4 is 0 Å². The molecule has 1 unspecified atom stereocenters. The molecule has 2 aromatic heterocycles. The molecule has 31 heavy (non-hydrogen) atoms. The van der Waals surface area contributed by atoms with Crippen LogP contribution in [0, 0.1) is 0 Å². The van der Waals surface area contributed by atoms with E-state index in [0.717, 1.165) is 35.1 Å². The number of nitrogens with zero attached hydrogens (tertiary/aromatic N) is 5. The number of fused-ring (bicyclic) bond motifs is 1. The van der Waals surface area contributed by atoms with Gasteiger partial charge in [0, 0.05) is 25.4 Å². The van der Waals surface area contributed by atoms with E-state index in [0.29, 0.717) is 13.1 Å². The van der Waals surface area contributed by atoms with Crippen LogP contribution in [-0.4, -0.2) is 51.9 Å². The van der Waals surface area contributed by atoms with Crippen molar-refractivity contribution >= 4 is 26.3 Å². The molecular formula is C22H23N5O2S2. The lowest BCUT2D eigenvalue weighted by molar-refractivity contribution is 0.309. The molecule has 0 radical (unpaired) electrons. The molecule has 4 aromatic rings. The van der Waals surface area contributed by atoms with E-state index < -0.39 is 10.0 Å². The molecule has 1 atom stereocenters. The highest BCUT2D eigenvalue weighted by Gasteiger charge is 2.30. The second kappa shape index (κ2) is 8.14. The van der Waals surface area contributed by atoms with E-state index in [4.69, 9.17) is 5.10 Å². The summed E-state index contributed by atoms with van der Waals surface area (Å²) in [4.78, 5) is 0.752. The van der Waals surface area contributed by atoms with Crippen molar-refractivity contribution in [1.29, 1.82) is 0 Å². The Kier molecular flexibility index (Phi) is 5.33. The van der Waals surface area contributed by atoms with E-state index in [1.807, 2.05) is 18.2 Å². The predicted octanol–water partition coefficient (Wildman–Crippen LogP) is 3.58. The van der Waals surface area contributed by atoms with Gasteiger partial charge < -0.3 is 0 Å². The van der Waals surface area contributed by atoms with Crippen LogP contribution in [0.4, 0.5) is 0 Å². The fourth-order valence-corrected chi connectivity index (χ4v) is 5.86. The van der Waals surface area contributed by atoms with Gasteiger partial charge in [-0.05, 0) is 29.5 Å². The molecule has 3 heterocycles. The van der Waals surface area contributed by atoms with Gasteiger partial charge in [-0.1, -0.05) is 65.9 Å². The Hall–Kier alpha value is -2.62. The molecular weight excluding hydrogens is 430 g/mol. The average Bonchev–Trinajstić information content (AvgIpc) is 3.35. The zero-order valence-electron chi connectivity index (χ0n) is 17.2. The quantitative estimate of drug-likeness (QED) is 0.461. The molecule has 1 fully saturated rings. The van der Waals surface area contributed by atoms with Crippen LogP contribution in [0.2, 0.25) is 0 Å². The molecule has 7 nitrogen and oxygen atoms in total. The Morgan fingerprint density at radius 1 is 1.03 bits per heavy atom. The zero-order valence-corrected chi connectivity index (χ0v) is 18.8. The second-order valence-corrected chi connectivity index (χ2v) is 11.0. The Labute approximate surface area is 185 Å². The second-order valence-electron chi connectivity index (χ2n) is 7.95. The molecule has 0 N–H and O–H groups in total. The number of hydrogen-bond donors (Lipinski definition) is 0. The lowest BCUT2D eigenvalue weighted by Gasteiger charge is -2.29. The van der Waals surface area contributed by atoms with E-state index in [-0.39, 0.29) is 5.92 Å². The summed E-state index contributed by atoms with van der Waals surface area (Å²) >= 11 is 1.53. The number of aromatic nitrogens is 4. The highest BCUT2D eigenvalue weighted by Crippen LogP contribution is 2.29. The van der Waals surface area contributed by atoms with Crippen LogP contribution in [0.25, 0.3) is 16.1 Å². The van der Waals surface area contributed by atoms with Crippen molar-refractivity contribution in [3.05, 3.63) is 71.0 Å². The third kappa shape index (κ3) is 4.26. The van der Waals surface area contributed by atoms with E-state index in [1.54, 1.807) is 4.52 Å². The molecule has 2 aromatic carbocycles. The van der Waals surface area contributed by atoms with Crippen LogP contribution in [0.1, 0.15) is 35.2 Å². The molecule has 0 bridgehead atoms. The van der Waals surface area contributed by atoms with Crippen molar-refractivity contribution in [2.45, 2.75) is 25.2 Å². The average molecular weight is 454 g/mol. The van der Waals surface area contributed by atoms with Gasteiger partial charge in [0.1, 0.15) is 5.01 Å². The van der Waals surface area contributed by atoms with Crippen molar-refractivity contribution in [3.8, 4) is 11.1 Å². The van der Waals surface area contributed by atoms with Gasteiger partial charge in [-0.25, -0.2) is 12.7 Å². The summed E-state index contributed by atoms with van der Waals surface area (Å²) in [6.45, 7) is 1.01. The largest absolute Gasteiger partial charge is 0.234 e. The number of hydrogen-bond acceptors (Lipinski definition) is 6. The van der Waals surface area contributed by atoms with E-state index in [2.05, 4.69) is 46.6 Å². The minimum Gasteiger partial charge on any atom is -0.213 e. The van der Waals surface area contributed by atoms with Gasteiger partial charge in [-0.15, -0.1) is 10.2 Å². The number of sulfonamides is 1. The van der Waals surface area contributed by atoms with Gasteiger partial charge in [-0.2, -0.15) is 9.61 Å². The molecule has 9 heteroatoms. The topological polar surface area (TPSA) is 80.5 Å². The van der Waals surface area contributed by atoms with Crippen molar-refractivity contribution in [2.75, 3.05) is 19.3 Å². The Balaban J connectivity index is 1.35. The molecule has 5 rings (SSSR count). The van der Waals surface area contributed by atoms with Crippen LogP contribution in [-0.2, 0) is 16.4 Å². The van der Waals surface area contributed by atoms with Crippen molar-refractivity contribution in [3.63, 3.8) is 0 Å². The van der Waals surface area contributed by atoms with E-state index in [1.165, 1.54) is 38.6 Å². The fourth-order valence-electron chi connectivity index (χ4n) is 4.07. The lowest BCUT2D eigenvalue weighted by Crippen LogP contribution is -2.38. The molecule has 0 aliphatic carbocycles. The molecule has 0 spiro atoms. The molecule has 0 amide bonds. The number of benzene rings is 2. The minimum atomic E-state index is -3.20. The predicted molar refractivity (Wildman–Crippen MR) is 122 cm³/mol. The first-order valence-corrected chi connectivity index (χ1v) is 12.9. The molecule has 0 saturated carbocycles. The Morgan fingerprint density at radius 2 is 1.77 bits per heavy atom. The van der Waals surface area contributed by atoms with Crippen LogP contribution >= 0.6 is 11.3 Å². The van der Waals surface area contributed by atoms with Crippen LogP contribution in [0.15, 0.2) is 54.6 Å². The standard InChI is InChI=1S/C22H23N5O2S2/c1-31(28,29)26-13-5-8-19(15-26)21-23-24-22-27(21)25-20(30-22)14-16-9-11-18(12-10-16)17-6-3-2-4-7-17/h2-4,6-7,9-12,19H,5,8,13-15H2,1H3. The first kappa shape index (κ1) is 20.3. The summed E-state index contributed by atoms with van der Waals surface area (Å²) < 4.78 is 27.2. The molecule has 1 saturated heterocycles. The van der Waals surface area contributed by atoms with Crippen molar-refractivity contribution in [2.24, 2.45) is 0 Å². The van der Waals surface area contributed by atoms with E-state index >= 15 is 0 Å².